The molecule has 0 aromatic heterocycles. The van der Waals surface area contributed by atoms with E-state index in [-0.39, 0.29) is 5.24 Å². The molecular formula is C23H41ClO. The van der Waals surface area contributed by atoms with Crippen LogP contribution in [0.1, 0.15) is 117 Å². The van der Waals surface area contributed by atoms with Gasteiger partial charge in [-0.1, -0.05) is 59.3 Å². The maximum Gasteiger partial charge on any atom is 0.221 e. The SMILES string of the molecule is CCCC(CCC1(C)CCCC1CCCC(=O)Cl)C1(C)CCCCC1. The van der Waals surface area contributed by atoms with Crippen molar-refractivity contribution in [3.05, 3.63) is 0 Å². The van der Waals surface area contributed by atoms with Crippen LogP contribution in [0.15, 0.2) is 0 Å². The Balaban J connectivity index is 1.91. The van der Waals surface area contributed by atoms with Gasteiger partial charge in [0.15, 0.2) is 0 Å². The molecule has 0 radical (unpaired) electrons. The van der Waals surface area contributed by atoms with Gasteiger partial charge >= 0.3 is 0 Å². The molecule has 0 N–H and O–H groups in total. The monoisotopic (exact) mass is 368 g/mol. The first kappa shape index (κ1) is 21.3. The second-order valence-electron chi connectivity index (χ2n) is 9.73. The highest BCUT2D eigenvalue weighted by atomic mass is 35.5. The third-order valence-electron chi connectivity index (χ3n) is 7.89. The van der Waals surface area contributed by atoms with Crippen molar-refractivity contribution in [2.45, 2.75) is 117 Å². The molecule has 0 amide bonds. The van der Waals surface area contributed by atoms with Gasteiger partial charge in [0.25, 0.3) is 0 Å². The summed E-state index contributed by atoms with van der Waals surface area (Å²) in [5.41, 5.74) is 1.11. The van der Waals surface area contributed by atoms with Gasteiger partial charge in [-0.25, -0.2) is 0 Å². The zero-order valence-corrected chi connectivity index (χ0v) is 17.8. The van der Waals surface area contributed by atoms with E-state index in [9.17, 15) is 4.79 Å². The van der Waals surface area contributed by atoms with Crippen molar-refractivity contribution >= 4 is 16.8 Å². The molecule has 3 atom stereocenters. The number of carbonyl (C=O) groups is 1. The summed E-state index contributed by atoms with van der Waals surface area (Å²) in [6.07, 6.45) is 19.7. The molecule has 0 aliphatic heterocycles. The molecule has 2 heteroatoms. The minimum Gasteiger partial charge on any atom is -0.281 e. The topological polar surface area (TPSA) is 17.1 Å². The maximum absolute atomic E-state index is 11.0. The van der Waals surface area contributed by atoms with Crippen LogP contribution in [0.5, 0.6) is 0 Å². The third kappa shape index (κ3) is 5.98. The second kappa shape index (κ2) is 9.77. The lowest BCUT2D eigenvalue weighted by Gasteiger charge is -2.43. The van der Waals surface area contributed by atoms with Gasteiger partial charge in [-0.05, 0) is 85.6 Å². The smallest absolute Gasteiger partial charge is 0.221 e. The molecule has 25 heavy (non-hydrogen) atoms. The van der Waals surface area contributed by atoms with Gasteiger partial charge < -0.3 is 0 Å². The Bertz CT molecular complexity index is 412. The normalized spacial score (nSPS) is 30.3. The highest BCUT2D eigenvalue weighted by molar-refractivity contribution is 6.63. The molecule has 0 heterocycles. The fourth-order valence-corrected chi connectivity index (χ4v) is 6.21. The summed E-state index contributed by atoms with van der Waals surface area (Å²) in [6.45, 7) is 7.49. The number of halogens is 1. The molecule has 2 fully saturated rings. The summed E-state index contributed by atoms with van der Waals surface area (Å²) in [6, 6.07) is 0. The highest BCUT2D eigenvalue weighted by Crippen LogP contribution is 2.52. The van der Waals surface area contributed by atoms with E-state index < -0.39 is 0 Å². The average molecular weight is 369 g/mol. The molecule has 2 aliphatic rings. The lowest BCUT2D eigenvalue weighted by atomic mass is 9.62. The van der Waals surface area contributed by atoms with Crippen LogP contribution in [-0.2, 0) is 4.79 Å². The molecule has 0 saturated heterocycles. The van der Waals surface area contributed by atoms with Gasteiger partial charge in [-0.3, -0.25) is 4.79 Å². The van der Waals surface area contributed by atoms with Crippen LogP contribution in [0.25, 0.3) is 0 Å². The van der Waals surface area contributed by atoms with Crippen molar-refractivity contribution in [2.75, 3.05) is 0 Å². The Labute approximate surface area is 161 Å². The van der Waals surface area contributed by atoms with Crippen molar-refractivity contribution in [2.24, 2.45) is 22.7 Å². The number of rotatable bonds is 10. The summed E-state index contributed by atoms with van der Waals surface area (Å²) in [5, 5.41) is -0.159. The molecule has 0 aromatic carbocycles. The van der Waals surface area contributed by atoms with Crippen LogP contribution < -0.4 is 0 Å². The second-order valence-corrected chi connectivity index (χ2v) is 10.2. The van der Waals surface area contributed by atoms with Crippen LogP contribution in [-0.4, -0.2) is 5.24 Å². The molecule has 3 unspecified atom stereocenters. The lowest BCUT2D eigenvalue weighted by molar-refractivity contribution is -0.111. The Kier molecular flexibility index (Phi) is 8.31. The summed E-state index contributed by atoms with van der Waals surface area (Å²) in [5.74, 6) is 1.73. The molecule has 0 spiro atoms. The van der Waals surface area contributed by atoms with Crippen LogP contribution in [0.4, 0.5) is 0 Å². The van der Waals surface area contributed by atoms with E-state index in [1.54, 1.807) is 0 Å². The van der Waals surface area contributed by atoms with Crippen molar-refractivity contribution < 1.29 is 4.79 Å². The molecule has 1 nitrogen and oxygen atoms in total. The first-order valence-corrected chi connectivity index (χ1v) is 11.5. The first-order valence-electron chi connectivity index (χ1n) is 11.1. The Morgan fingerprint density at radius 3 is 2.44 bits per heavy atom. The van der Waals surface area contributed by atoms with Crippen molar-refractivity contribution in [1.29, 1.82) is 0 Å². The first-order chi connectivity index (χ1) is 11.9. The largest absolute Gasteiger partial charge is 0.281 e. The van der Waals surface area contributed by atoms with Gasteiger partial charge in [0.2, 0.25) is 5.24 Å². The standard InChI is InChI=1S/C23H41ClO/c1-4-10-19(22(2)15-6-5-7-16-22)14-18-23(3)17-9-12-20(23)11-8-13-21(24)25/h19-20H,4-18H2,1-3H3. The van der Waals surface area contributed by atoms with E-state index in [0.717, 1.165) is 18.3 Å². The van der Waals surface area contributed by atoms with Crippen LogP contribution >= 0.6 is 11.6 Å². The molecule has 2 saturated carbocycles. The highest BCUT2D eigenvalue weighted by Gasteiger charge is 2.40. The predicted octanol–water partition coefficient (Wildman–Crippen LogP) is 7.90. The zero-order valence-electron chi connectivity index (χ0n) is 17.0. The zero-order chi connectivity index (χ0) is 18.3. The van der Waals surface area contributed by atoms with Gasteiger partial charge in [0.05, 0.1) is 0 Å². The fourth-order valence-electron chi connectivity index (χ4n) is 6.08. The third-order valence-corrected chi connectivity index (χ3v) is 8.08. The summed E-state index contributed by atoms with van der Waals surface area (Å²) in [4.78, 5) is 11.0. The Morgan fingerprint density at radius 2 is 1.80 bits per heavy atom. The number of hydrogen-bond acceptors (Lipinski definition) is 1. The summed E-state index contributed by atoms with van der Waals surface area (Å²) in [7, 11) is 0. The molecule has 2 rings (SSSR count). The summed E-state index contributed by atoms with van der Waals surface area (Å²) < 4.78 is 0. The quantitative estimate of drug-likeness (QED) is 0.358. The van der Waals surface area contributed by atoms with Crippen LogP contribution in [0.3, 0.4) is 0 Å². The molecular weight excluding hydrogens is 328 g/mol. The summed E-state index contributed by atoms with van der Waals surface area (Å²) >= 11 is 5.53. The van der Waals surface area contributed by atoms with E-state index in [1.165, 1.54) is 83.5 Å². The van der Waals surface area contributed by atoms with E-state index in [0.29, 0.717) is 17.3 Å². The Morgan fingerprint density at radius 1 is 1.08 bits per heavy atom. The predicted molar refractivity (Wildman–Crippen MR) is 109 cm³/mol. The van der Waals surface area contributed by atoms with E-state index in [2.05, 4.69) is 20.8 Å². The van der Waals surface area contributed by atoms with Gasteiger partial charge in [-0.15, -0.1) is 0 Å². The van der Waals surface area contributed by atoms with Crippen molar-refractivity contribution in [3.8, 4) is 0 Å². The van der Waals surface area contributed by atoms with Gasteiger partial charge in [0.1, 0.15) is 0 Å². The van der Waals surface area contributed by atoms with Crippen LogP contribution in [0.2, 0.25) is 0 Å². The molecule has 2 aliphatic carbocycles. The van der Waals surface area contributed by atoms with E-state index in [1.807, 2.05) is 0 Å². The molecule has 146 valence electrons. The number of carbonyl (C=O) groups excluding carboxylic acids is 1. The fraction of sp³-hybridized carbons (Fsp3) is 0.957. The minimum atomic E-state index is -0.159. The van der Waals surface area contributed by atoms with Crippen molar-refractivity contribution in [3.63, 3.8) is 0 Å². The van der Waals surface area contributed by atoms with Crippen LogP contribution in [0, 0.1) is 22.7 Å². The van der Waals surface area contributed by atoms with E-state index >= 15 is 0 Å². The Hall–Kier alpha value is -0.0400. The number of hydrogen-bond donors (Lipinski definition) is 0. The van der Waals surface area contributed by atoms with Gasteiger partial charge in [0, 0.05) is 6.42 Å². The van der Waals surface area contributed by atoms with Gasteiger partial charge in [-0.2, -0.15) is 0 Å². The van der Waals surface area contributed by atoms with E-state index in [4.69, 9.17) is 11.6 Å². The maximum atomic E-state index is 11.0. The lowest BCUT2D eigenvalue weighted by Crippen LogP contribution is -2.32. The minimum absolute atomic E-state index is 0.159. The van der Waals surface area contributed by atoms with Crippen molar-refractivity contribution in [1.82, 2.24) is 0 Å². The molecule has 0 aromatic rings. The molecule has 0 bridgehead atoms. The average Bonchev–Trinajstić information content (AvgIpc) is 2.93.